The fourth-order valence-corrected chi connectivity index (χ4v) is 4.37. The Hall–Kier alpha value is -3.57. The predicted octanol–water partition coefficient (Wildman–Crippen LogP) is 5.18. The van der Waals surface area contributed by atoms with E-state index in [0.717, 1.165) is 5.56 Å². The molecule has 0 atom stereocenters. The van der Waals surface area contributed by atoms with Crippen LogP contribution < -0.4 is 14.9 Å². The molecule has 0 bridgehead atoms. The molecule has 1 amide bonds. The van der Waals surface area contributed by atoms with Crippen molar-refractivity contribution < 1.29 is 24.0 Å². The molecule has 11 heteroatoms. The second-order valence-electron chi connectivity index (χ2n) is 6.87. The van der Waals surface area contributed by atoms with Gasteiger partial charge in [-0.25, -0.2) is 10.2 Å². The number of amides is 1. The number of nitro groups is 1. The van der Waals surface area contributed by atoms with Gasteiger partial charge in [0, 0.05) is 17.7 Å². The summed E-state index contributed by atoms with van der Waals surface area (Å²) in [6, 6.07) is 15.4. The molecule has 0 saturated heterocycles. The van der Waals surface area contributed by atoms with Crippen LogP contribution >= 0.6 is 31.9 Å². The quantitative estimate of drug-likeness (QED) is 0.127. The van der Waals surface area contributed by atoms with E-state index in [1.165, 1.54) is 30.5 Å². The number of benzene rings is 3. The van der Waals surface area contributed by atoms with Crippen molar-refractivity contribution >= 4 is 55.6 Å². The number of esters is 1. The SMILES string of the molecule is Cc1cc(Br)c(OCC(=O)N/N=C\c2ccccc2OC(=O)c2ccc([N+](=O)[O-])cc2)c(Br)c1. The second-order valence-corrected chi connectivity index (χ2v) is 8.58. The minimum Gasteiger partial charge on any atom is -0.481 e. The van der Waals surface area contributed by atoms with E-state index in [1.54, 1.807) is 24.3 Å². The normalized spacial score (nSPS) is 10.7. The van der Waals surface area contributed by atoms with E-state index in [-0.39, 0.29) is 23.6 Å². The highest BCUT2D eigenvalue weighted by Crippen LogP contribution is 2.34. The van der Waals surface area contributed by atoms with Gasteiger partial charge in [0.05, 0.1) is 25.6 Å². The second kappa shape index (κ2) is 11.5. The largest absolute Gasteiger partial charge is 0.481 e. The van der Waals surface area contributed by atoms with Gasteiger partial charge in [0.15, 0.2) is 6.61 Å². The Kier molecular flexibility index (Phi) is 8.50. The molecule has 174 valence electrons. The fourth-order valence-electron chi connectivity index (χ4n) is 2.73. The molecule has 0 heterocycles. The lowest BCUT2D eigenvalue weighted by Crippen LogP contribution is -2.24. The first-order valence-corrected chi connectivity index (χ1v) is 11.3. The first kappa shape index (κ1) is 25.1. The number of ether oxygens (including phenoxy) is 2. The van der Waals surface area contributed by atoms with E-state index < -0.39 is 16.8 Å². The first-order chi connectivity index (χ1) is 16.2. The Balaban J connectivity index is 1.60. The van der Waals surface area contributed by atoms with Crippen molar-refractivity contribution in [3.8, 4) is 11.5 Å². The molecule has 1 N–H and O–H groups in total. The number of rotatable bonds is 8. The maximum Gasteiger partial charge on any atom is 0.343 e. The molecule has 0 unspecified atom stereocenters. The lowest BCUT2D eigenvalue weighted by atomic mass is 10.2. The van der Waals surface area contributed by atoms with Gasteiger partial charge in [0.1, 0.15) is 11.5 Å². The fraction of sp³-hybridized carbons (Fsp3) is 0.0870. The van der Waals surface area contributed by atoms with Crippen LogP contribution in [0.1, 0.15) is 21.5 Å². The third-order valence-electron chi connectivity index (χ3n) is 4.32. The number of aryl methyl sites for hydroxylation is 1. The van der Waals surface area contributed by atoms with Gasteiger partial charge in [-0.3, -0.25) is 14.9 Å². The summed E-state index contributed by atoms with van der Waals surface area (Å²) >= 11 is 6.80. The van der Waals surface area contributed by atoms with Crippen LogP contribution in [0.5, 0.6) is 11.5 Å². The van der Waals surface area contributed by atoms with E-state index in [2.05, 4.69) is 42.4 Å². The Morgan fingerprint density at radius 2 is 1.74 bits per heavy atom. The topological polar surface area (TPSA) is 120 Å². The zero-order valence-electron chi connectivity index (χ0n) is 17.7. The monoisotopic (exact) mass is 589 g/mol. The molecule has 0 saturated carbocycles. The molecular weight excluding hydrogens is 574 g/mol. The number of nitrogens with one attached hydrogen (secondary N) is 1. The first-order valence-electron chi connectivity index (χ1n) is 9.70. The molecule has 9 nitrogen and oxygen atoms in total. The maximum absolute atomic E-state index is 12.4. The van der Waals surface area contributed by atoms with Crippen molar-refractivity contribution in [3.05, 3.63) is 96.4 Å². The van der Waals surface area contributed by atoms with Gasteiger partial charge >= 0.3 is 5.97 Å². The highest BCUT2D eigenvalue weighted by atomic mass is 79.9. The number of non-ortho nitro benzene ring substituents is 1. The lowest BCUT2D eigenvalue weighted by Gasteiger charge is -2.10. The van der Waals surface area contributed by atoms with Crippen LogP contribution in [0.15, 0.2) is 74.7 Å². The predicted molar refractivity (Wildman–Crippen MR) is 132 cm³/mol. The summed E-state index contributed by atoms with van der Waals surface area (Å²) < 4.78 is 12.3. The number of halogens is 2. The lowest BCUT2D eigenvalue weighted by molar-refractivity contribution is -0.384. The van der Waals surface area contributed by atoms with E-state index in [1.807, 2.05) is 19.1 Å². The molecule has 34 heavy (non-hydrogen) atoms. The number of hydrogen-bond donors (Lipinski definition) is 1. The van der Waals surface area contributed by atoms with Crippen molar-refractivity contribution in [2.45, 2.75) is 6.92 Å². The number of hydrazone groups is 1. The average Bonchev–Trinajstić information content (AvgIpc) is 2.79. The van der Waals surface area contributed by atoms with Crippen molar-refractivity contribution in [1.29, 1.82) is 0 Å². The van der Waals surface area contributed by atoms with Gasteiger partial charge in [0.2, 0.25) is 0 Å². The van der Waals surface area contributed by atoms with Crippen molar-refractivity contribution in [3.63, 3.8) is 0 Å². The molecular formula is C23H17Br2N3O6. The molecule has 3 aromatic rings. The minimum absolute atomic E-state index is 0.133. The Bertz CT molecular complexity index is 1240. The van der Waals surface area contributed by atoms with Gasteiger partial charge in [-0.05, 0) is 80.7 Å². The van der Waals surface area contributed by atoms with Crippen molar-refractivity contribution in [2.75, 3.05) is 6.61 Å². The number of hydrogen-bond acceptors (Lipinski definition) is 7. The summed E-state index contributed by atoms with van der Waals surface area (Å²) in [5.74, 6) is -0.487. The number of carbonyl (C=O) groups is 2. The smallest absolute Gasteiger partial charge is 0.343 e. The average molecular weight is 591 g/mol. The summed E-state index contributed by atoms with van der Waals surface area (Å²) in [4.78, 5) is 34.7. The van der Waals surface area contributed by atoms with Crippen LogP contribution in [0.25, 0.3) is 0 Å². The van der Waals surface area contributed by atoms with Gasteiger partial charge in [-0.2, -0.15) is 5.10 Å². The molecule has 0 aliphatic carbocycles. The Morgan fingerprint density at radius 3 is 2.38 bits per heavy atom. The summed E-state index contributed by atoms with van der Waals surface area (Å²) in [6.45, 7) is 1.66. The zero-order valence-corrected chi connectivity index (χ0v) is 20.8. The standard InChI is InChI=1S/C23H17Br2N3O6/c1-14-10-18(24)22(19(25)11-14)33-13-21(29)27-26-12-16-4-2-3-5-20(16)34-23(30)15-6-8-17(9-7-15)28(31)32/h2-12H,13H2,1H3,(H,27,29)/b26-12-. The maximum atomic E-state index is 12.4. The van der Waals surface area contributed by atoms with Gasteiger partial charge in [0.25, 0.3) is 11.6 Å². The zero-order chi connectivity index (χ0) is 24.7. The molecule has 0 fully saturated rings. The van der Waals surface area contributed by atoms with E-state index in [4.69, 9.17) is 9.47 Å². The highest BCUT2D eigenvalue weighted by molar-refractivity contribution is 9.11. The minimum atomic E-state index is -0.692. The Labute approximate surface area is 211 Å². The van der Waals surface area contributed by atoms with Crippen LogP contribution in [-0.4, -0.2) is 29.6 Å². The third-order valence-corrected chi connectivity index (χ3v) is 5.50. The number of nitrogens with zero attached hydrogens (tertiary/aromatic N) is 2. The summed E-state index contributed by atoms with van der Waals surface area (Å²) in [5.41, 5.74) is 3.82. The molecule has 0 aliphatic rings. The van der Waals surface area contributed by atoms with Crippen molar-refractivity contribution in [1.82, 2.24) is 5.43 Å². The number of para-hydroxylation sites is 1. The molecule has 0 aromatic heterocycles. The summed E-state index contributed by atoms with van der Waals surface area (Å²) in [6.07, 6.45) is 1.33. The van der Waals surface area contributed by atoms with Gasteiger partial charge in [-0.1, -0.05) is 12.1 Å². The number of nitro benzene ring substituents is 1. The number of carbonyl (C=O) groups excluding carboxylic acids is 2. The molecule has 3 rings (SSSR count). The molecule has 0 spiro atoms. The highest BCUT2D eigenvalue weighted by Gasteiger charge is 2.13. The van der Waals surface area contributed by atoms with Crippen LogP contribution in [0.4, 0.5) is 5.69 Å². The summed E-state index contributed by atoms with van der Waals surface area (Å²) in [5, 5.41) is 14.6. The van der Waals surface area contributed by atoms with Gasteiger partial charge < -0.3 is 9.47 Å². The van der Waals surface area contributed by atoms with E-state index >= 15 is 0 Å². The van der Waals surface area contributed by atoms with E-state index in [0.29, 0.717) is 20.3 Å². The van der Waals surface area contributed by atoms with Gasteiger partial charge in [-0.15, -0.1) is 0 Å². The molecule has 3 aromatic carbocycles. The third kappa shape index (κ3) is 6.72. The Morgan fingerprint density at radius 1 is 1.09 bits per heavy atom. The van der Waals surface area contributed by atoms with E-state index in [9.17, 15) is 19.7 Å². The summed E-state index contributed by atoms with van der Waals surface area (Å²) in [7, 11) is 0. The van der Waals surface area contributed by atoms with Crippen LogP contribution in [0.3, 0.4) is 0 Å². The van der Waals surface area contributed by atoms with Crippen molar-refractivity contribution in [2.24, 2.45) is 5.10 Å². The van der Waals surface area contributed by atoms with Crippen LogP contribution in [0, 0.1) is 17.0 Å². The molecule has 0 radical (unpaired) electrons. The van der Waals surface area contributed by atoms with Crippen LogP contribution in [0.2, 0.25) is 0 Å². The molecule has 0 aliphatic heterocycles. The van der Waals surface area contributed by atoms with Crippen LogP contribution in [-0.2, 0) is 4.79 Å².